The highest BCUT2D eigenvalue weighted by molar-refractivity contribution is 7.90. The summed E-state index contributed by atoms with van der Waals surface area (Å²) >= 11 is 0. The van der Waals surface area contributed by atoms with Gasteiger partial charge in [-0.1, -0.05) is 6.07 Å². The molecule has 0 spiro atoms. The Labute approximate surface area is 224 Å². The number of amides is 1. The fourth-order valence-corrected chi connectivity index (χ4v) is 5.02. The summed E-state index contributed by atoms with van der Waals surface area (Å²) < 4.78 is 70.5. The van der Waals surface area contributed by atoms with Gasteiger partial charge in [-0.25, -0.2) is 13.2 Å². The van der Waals surface area contributed by atoms with Crippen molar-refractivity contribution in [1.82, 2.24) is 10.3 Å². The Kier molecular flexibility index (Phi) is 8.40. The van der Waals surface area contributed by atoms with Crippen LogP contribution in [0.3, 0.4) is 0 Å². The van der Waals surface area contributed by atoms with Gasteiger partial charge in [0.05, 0.1) is 22.6 Å². The van der Waals surface area contributed by atoms with E-state index in [0.717, 1.165) is 24.6 Å². The van der Waals surface area contributed by atoms with E-state index >= 15 is 0 Å². The smallest absolute Gasteiger partial charge is 0.433 e. The molecule has 13 heteroatoms. The van der Waals surface area contributed by atoms with Crippen molar-refractivity contribution in [3.05, 3.63) is 64.6 Å². The molecule has 1 atom stereocenters. The van der Waals surface area contributed by atoms with Crippen LogP contribution >= 0.6 is 0 Å². The summed E-state index contributed by atoms with van der Waals surface area (Å²) in [6.07, 6.45) is -3.12. The number of hydrogen-bond acceptors (Lipinski definition) is 8. The van der Waals surface area contributed by atoms with Crippen molar-refractivity contribution in [2.75, 3.05) is 11.6 Å². The summed E-state index contributed by atoms with van der Waals surface area (Å²) in [7, 11) is -3.97. The van der Waals surface area contributed by atoms with Crippen LogP contribution in [0.5, 0.6) is 0 Å². The zero-order valence-electron chi connectivity index (χ0n) is 21.6. The number of allylic oxidation sites excluding steroid dienone is 1. The van der Waals surface area contributed by atoms with Crippen LogP contribution < -0.4 is 10.6 Å². The maximum absolute atomic E-state index is 13.3. The van der Waals surface area contributed by atoms with E-state index in [9.17, 15) is 36.4 Å². The minimum atomic E-state index is -4.70. The van der Waals surface area contributed by atoms with Crippen molar-refractivity contribution in [1.29, 1.82) is 5.26 Å². The van der Waals surface area contributed by atoms with Gasteiger partial charge in [-0.15, -0.1) is 0 Å². The van der Waals surface area contributed by atoms with Gasteiger partial charge >= 0.3 is 12.3 Å². The first kappa shape index (κ1) is 29.6. The number of nitrogens with zero attached hydrogens (tertiary/aromatic N) is 2. The highest BCUT2D eigenvalue weighted by Gasteiger charge is 2.35. The number of benzene rings is 1. The fourth-order valence-electron chi connectivity index (χ4n) is 4.06. The maximum Gasteiger partial charge on any atom is 0.433 e. The Bertz CT molecular complexity index is 1470. The number of nitrogens with one attached hydrogen (secondary N) is 2. The number of alkyl halides is 3. The van der Waals surface area contributed by atoms with Gasteiger partial charge in [0.1, 0.15) is 11.3 Å². The van der Waals surface area contributed by atoms with Crippen LogP contribution in [0.15, 0.2) is 52.7 Å². The molecule has 1 unspecified atom stereocenters. The second kappa shape index (κ2) is 11.1. The number of carbonyl (C=O) groups excluding carboxylic acids is 2. The van der Waals surface area contributed by atoms with Crippen LogP contribution in [-0.4, -0.2) is 37.1 Å². The van der Waals surface area contributed by atoms with Crippen LogP contribution in [0.2, 0.25) is 0 Å². The maximum atomic E-state index is 13.3. The second-order valence-electron chi connectivity index (χ2n) is 9.94. The number of carbonyl (C=O) groups is 2. The molecule has 1 heterocycles. The molecule has 0 saturated heterocycles. The average molecular weight is 565 g/mol. The summed E-state index contributed by atoms with van der Waals surface area (Å²) in [4.78, 5) is 29.2. The van der Waals surface area contributed by atoms with Crippen LogP contribution in [0.1, 0.15) is 62.9 Å². The van der Waals surface area contributed by atoms with E-state index in [1.54, 1.807) is 20.8 Å². The Morgan fingerprint density at radius 3 is 2.44 bits per heavy atom. The molecular formula is C26H27F3N4O5S. The third-order valence-corrected chi connectivity index (χ3v) is 6.76. The number of ether oxygens (including phenoxy) is 1. The van der Waals surface area contributed by atoms with Gasteiger partial charge in [0, 0.05) is 35.8 Å². The average Bonchev–Trinajstić information content (AvgIpc) is 2.81. The van der Waals surface area contributed by atoms with E-state index in [1.807, 2.05) is 6.07 Å². The van der Waals surface area contributed by atoms with Gasteiger partial charge in [0.15, 0.2) is 15.6 Å². The third-order valence-electron chi connectivity index (χ3n) is 5.60. The van der Waals surface area contributed by atoms with E-state index in [4.69, 9.17) is 4.74 Å². The molecule has 0 fully saturated rings. The number of rotatable bonds is 6. The molecule has 2 aromatic rings. The first-order valence-corrected chi connectivity index (χ1v) is 13.7. The predicted octanol–water partition coefficient (Wildman–Crippen LogP) is 5.06. The molecule has 1 aromatic carbocycles. The lowest BCUT2D eigenvalue weighted by molar-refractivity contribution is -0.141. The Balaban J connectivity index is 2.23. The SMILES string of the molecule is CC(C)(C)OC(=O)NC(C1=C(Nc2ccnc(C(F)(F)F)c2)CCCC1=O)c1ccc(C#N)cc1S(C)(=O)=O. The lowest BCUT2D eigenvalue weighted by atomic mass is 9.86. The predicted molar refractivity (Wildman–Crippen MR) is 135 cm³/mol. The number of nitriles is 1. The number of Topliss-reactive ketones (excluding diaryl/α,β-unsaturated/α-hetero) is 1. The monoisotopic (exact) mass is 564 g/mol. The van der Waals surface area contributed by atoms with Gasteiger partial charge in [0.25, 0.3) is 0 Å². The van der Waals surface area contributed by atoms with Crippen LogP contribution in [0.25, 0.3) is 0 Å². The van der Waals surface area contributed by atoms with Gasteiger partial charge in [0.2, 0.25) is 0 Å². The molecule has 0 radical (unpaired) electrons. The molecule has 9 nitrogen and oxygen atoms in total. The number of aromatic nitrogens is 1. The molecular weight excluding hydrogens is 537 g/mol. The largest absolute Gasteiger partial charge is 0.444 e. The highest BCUT2D eigenvalue weighted by Crippen LogP contribution is 2.37. The number of anilines is 1. The Morgan fingerprint density at radius 1 is 1.15 bits per heavy atom. The summed E-state index contributed by atoms with van der Waals surface area (Å²) in [6, 6.07) is 6.36. The van der Waals surface area contributed by atoms with E-state index in [-0.39, 0.29) is 45.8 Å². The quantitative estimate of drug-likeness (QED) is 0.497. The van der Waals surface area contributed by atoms with Crippen LogP contribution in [0, 0.1) is 11.3 Å². The molecule has 0 aliphatic heterocycles. The first-order valence-electron chi connectivity index (χ1n) is 11.8. The first-order chi connectivity index (χ1) is 18.0. The van der Waals surface area contributed by atoms with E-state index in [0.29, 0.717) is 6.42 Å². The minimum absolute atomic E-state index is 0.00120. The van der Waals surface area contributed by atoms with Gasteiger partial charge < -0.3 is 15.4 Å². The van der Waals surface area contributed by atoms with Crippen molar-refractivity contribution in [2.24, 2.45) is 0 Å². The number of halogens is 3. The van der Waals surface area contributed by atoms with Gasteiger partial charge in [-0.2, -0.15) is 18.4 Å². The Morgan fingerprint density at radius 2 is 1.85 bits per heavy atom. The molecule has 0 bridgehead atoms. The van der Waals surface area contributed by atoms with Crippen LogP contribution in [-0.2, 0) is 25.5 Å². The summed E-state index contributed by atoms with van der Waals surface area (Å²) in [6.45, 7) is 4.85. The lowest BCUT2D eigenvalue weighted by Crippen LogP contribution is -2.38. The van der Waals surface area contributed by atoms with Crippen molar-refractivity contribution in [2.45, 2.75) is 62.7 Å². The van der Waals surface area contributed by atoms with E-state index in [2.05, 4.69) is 15.6 Å². The molecule has 3 rings (SSSR count). The van der Waals surface area contributed by atoms with Crippen LogP contribution in [0.4, 0.5) is 23.7 Å². The normalized spacial score (nSPS) is 15.4. The molecule has 2 N–H and O–H groups in total. The molecule has 1 aliphatic rings. The third kappa shape index (κ3) is 7.57. The summed E-state index contributed by atoms with van der Waals surface area (Å²) in [5, 5.41) is 14.7. The highest BCUT2D eigenvalue weighted by atomic mass is 32.2. The fraction of sp³-hybridized carbons (Fsp3) is 0.385. The van der Waals surface area contributed by atoms with E-state index in [1.165, 1.54) is 18.2 Å². The molecule has 1 amide bonds. The molecule has 1 aliphatic carbocycles. The van der Waals surface area contributed by atoms with Crippen molar-refractivity contribution < 1.29 is 35.9 Å². The van der Waals surface area contributed by atoms with Crippen molar-refractivity contribution in [3.63, 3.8) is 0 Å². The number of ketones is 1. The topological polar surface area (TPSA) is 138 Å². The molecule has 0 saturated carbocycles. The minimum Gasteiger partial charge on any atom is -0.444 e. The van der Waals surface area contributed by atoms with E-state index < -0.39 is 45.2 Å². The standard InChI is InChI=1S/C26H27F3N4O5S/c1-25(2,3)38-24(35)33-23(17-9-8-15(14-30)12-20(17)39(4,36)37)22-18(6-5-7-19(22)34)32-16-10-11-31-21(13-16)26(27,28)29/h8-13,23H,5-7H2,1-4H3,(H,31,32)(H,33,35). The second-order valence-corrected chi connectivity index (χ2v) is 11.9. The number of pyridine rings is 1. The lowest BCUT2D eigenvalue weighted by Gasteiger charge is -2.30. The molecule has 1 aromatic heterocycles. The number of alkyl carbamates (subject to hydrolysis) is 1. The summed E-state index contributed by atoms with van der Waals surface area (Å²) in [5.74, 6) is -0.446. The van der Waals surface area contributed by atoms with Crippen molar-refractivity contribution in [3.8, 4) is 6.07 Å². The zero-order chi connectivity index (χ0) is 29.2. The van der Waals surface area contributed by atoms with Gasteiger partial charge in [-0.05, 0) is 63.4 Å². The van der Waals surface area contributed by atoms with Gasteiger partial charge in [-0.3, -0.25) is 9.78 Å². The molecule has 208 valence electrons. The number of sulfone groups is 1. The zero-order valence-corrected chi connectivity index (χ0v) is 22.5. The molecule has 39 heavy (non-hydrogen) atoms. The van der Waals surface area contributed by atoms with Crippen molar-refractivity contribution >= 4 is 27.4 Å². The Hall–Kier alpha value is -3.92. The summed E-state index contributed by atoms with van der Waals surface area (Å²) in [5.41, 5.74) is -1.88. The number of hydrogen-bond donors (Lipinski definition) is 2.